The van der Waals surface area contributed by atoms with E-state index in [0.29, 0.717) is 22.9 Å². The van der Waals surface area contributed by atoms with E-state index in [1.54, 1.807) is 19.1 Å². The summed E-state index contributed by atoms with van der Waals surface area (Å²) in [5.74, 6) is -0.414. The highest BCUT2D eigenvalue weighted by molar-refractivity contribution is 6.31. The van der Waals surface area contributed by atoms with Gasteiger partial charge in [0.1, 0.15) is 5.56 Å². The second kappa shape index (κ2) is 6.89. The van der Waals surface area contributed by atoms with Crippen molar-refractivity contribution < 1.29 is 9.53 Å². The molecule has 3 aromatic rings. The molecule has 5 heteroatoms. The highest BCUT2D eigenvalue weighted by atomic mass is 35.5. The number of hydrogen-bond donors (Lipinski definition) is 1. The third kappa shape index (κ3) is 3.19. The van der Waals surface area contributed by atoms with E-state index in [4.69, 9.17) is 16.3 Å². The van der Waals surface area contributed by atoms with Gasteiger partial charge in [0.05, 0.1) is 17.8 Å². The first-order valence-corrected chi connectivity index (χ1v) is 8.06. The molecule has 122 valence electrons. The van der Waals surface area contributed by atoms with E-state index in [2.05, 4.69) is 10.3 Å². The number of benzene rings is 2. The van der Waals surface area contributed by atoms with Crippen molar-refractivity contribution in [3.8, 4) is 0 Å². The molecule has 3 rings (SSSR count). The lowest BCUT2D eigenvalue weighted by Crippen LogP contribution is -2.09. The molecule has 0 saturated carbocycles. The molecule has 1 heterocycles. The van der Waals surface area contributed by atoms with Gasteiger partial charge in [-0.3, -0.25) is 4.98 Å². The van der Waals surface area contributed by atoms with Crippen molar-refractivity contribution in [2.45, 2.75) is 13.8 Å². The molecule has 0 saturated heterocycles. The number of rotatable bonds is 4. The number of aryl methyl sites for hydroxylation is 1. The largest absolute Gasteiger partial charge is 0.462 e. The van der Waals surface area contributed by atoms with E-state index in [0.717, 1.165) is 22.2 Å². The van der Waals surface area contributed by atoms with Crippen LogP contribution in [-0.4, -0.2) is 17.6 Å². The molecular weight excluding hydrogens is 324 g/mol. The minimum atomic E-state index is -0.414. The number of halogens is 1. The first-order valence-electron chi connectivity index (χ1n) is 7.68. The van der Waals surface area contributed by atoms with Crippen molar-refractivity contribution in [2.24, 2.45) is 0 Å². The average molecular weight is 341 g/mol. The smallest absolute Gasteiger partial charge is 0.341 e. The molecule has 0 aliphatic rings. The van der Waals surface area contributed by atoms with E-state index in [1.165, 1.54) is 6.20 Å². The standard InChI is InChI=1S/C19H17ClN2O2/c1-3-24-19(23)15-11-21-17-9-8-13(20)10-14(17)18(15)22-16-7-5-4-6-12(16)2/h4-11H,3H2,1-2H3,(H,21,22). The molecule has 1 N–H and O–H groups in total. The van der Waals surface area contributed by atoms with Crippen LogP contribution in [0.2, 0.25) is 5.02 Å². The van der Waals surface area contributed by atoms with Gasteiger partial charge in [0.15, 0.2) is 0 Å². The van der Waals surface area contributed by atoms with Crippen LogP contribution in [0, 0.1) is 6.92 Å². The zero-order chi connectivity index (χ0) is 17.1. The molecule has 0 spiro atoms. The van der Waals surface area contributed by atoms with Crippen LogP contribution in [-0.2, 0) is 4.74 Å². The first kappa shape index (κ1) is 16.3. The summed E-state index contributed by atoms with van der Waals surface area (Å²) in [5, 5.41) is 4.71. The Balaban J connectivity index is 2.20. The van der Waals surface area contributed by atoms with Crippen LogP contribution in [0.15, 0.2) is 48.7 Å². The van der Waals surface area contributed by atoms with E-state index in [-0.39, 0.29) is 0 Å². The van der Waals surface area contributed by atoms with Gasteiger partial charge in [0.2, 0.25) is 0 Å². The Labute approximate surface area is 145 Å². The lowest BCUT2D eigenvalue weighted by atomic mass is 10.1. The topological polar surface area (TPSA) is 51.2 Å². The van der Waals surface area contributed by atoms with Gasteiger partial charge in [-0.2, -0.15) is 0 Å². The molecule has 0 aliphatic heterocycles. The normalized spacial score (nSPS) is 10.6. The second-order valence-electron chi connectivity index (χ2n) is 5.37. The maximum absolute atomic E-state index is 12.3. The Morgan fingerprint density at radius 1 is 1.25 bits per heavy atom. The predicted molar refractivity (Wildman–Crippen MR) is 97.2 cm³/mol. The van der Waals surface area contributed by atoms with Gasteiger partial charge >= 0.3 is 5.97 Å². The maximum atomic E-state index is 12.3. The summed E-state index contributed by atoms with van der Waals surface area (Å²) in [4.78, 5) is 16.7. The van der Waals surface area contributed by atoms with E-state index < -0.39 is 5.97 Å². The molecular formula is C19H17ClN2O2. The van der Waals surface area contributed by atoms with Crippen LogP contribution in [0.3, 0.4) is 0 Å². The fraction of sp³-hybridized carbons (Fsp3) is 0.158. The SMILES string of the molecule is CCOC(=O)c1cnc2ccc(Cl)cc2c1Nc1ccccc1C. The third-order valence-corrected chi connectivity index (χ3v) is 3.97. The summed E-state index contributed by atoms with van der Waals surface area (Å²) >= 11 is 6.15. The minimum absolute atomic E-state index is 0.302. The molecule has 2 aromatic carbocycles. The quantitative estimate of drug-likeness (QED) is 0.670. The molecule has 0 fully saturated rings. The van der Waals surface area contributed by atoms with E-state index >= 15 is 0 Å². The van der Waals surface area contributed by atoms with Crippen LogP contribution < -0.4 is 5.32 Å². The van der Waals surface area contributed by atoms with Crippen molar-refractivity contribution in [3.05, 3.63) is 64.8 Å². The van der Waals surface area contributed by atoms with Gasteiger partial charge in [-0.1, -0.05) is 29.8 Å². The van der Waals surface area contributed by atoms with Crippen molar-refractivity contribution in [2.75, 3.05) is 11.9 Å². The number of carbonyl (C=O) groups is 1. The van der Waals surface area contributed by atoms with Gasteiger partial charge in [0, 0.05) is 22.3 Å². The zero-order valence-corrected chi connectivity index (χ0v) is 14.2. The molecule has 4 nitrogen and oxygen atoms in total. The number of ether oxygens (including phenoxy) is 1. The number of fused-ring (bicyclic) bond motifs is 1. The fourth-order valence-electron chi connectivity index (χ4n) is 2.51. The molecule has 0 amide bonds. The van der Waals surface area contributed by atoms with Gasteiger partial charge < -0.3 is 10.1 Å². The number of para-hydroxylation sites is 1. The number of pyridine rings is 1. The number of esters is 1. The summed E-state index contributed by atoms with van der Waals surface area (Å²) in [7, 11) is 0. The van der Waals surface area contributed by atoms with Gasteiger partial charge in [0.25, 0.3) is 0 Å². The molecule has 0 bridgehead atoms. The Morgan fingerprint density at radius 2 is 2.04 bits per heavy atom. The van der Waals surface area contributed by atoms with Crippen molar-refractivity contribution in [1.29, 1.82) is 0 Å². The lowest BCUT2D eigenvalue weighted by molar-refractivity contribution is 0.0527. The van der Waals surface area contributed by atoms with E-state index in [1.807, 2.05) is 37.3 Å². The number of anilines is 2. The predicted octanol–water partition coefficient (Wildman–Crippen LogP) is 5.12. The molecule has 24 heavy (non-hydrogen) atoms. The van der Waals surface area contributed by atoms with Crippen LogP contribution in [0.5, 0.6) is 0 Å². The maximum Gasteiger partial charge on any atom is 0.341 e. The van der Waals surface area contributed by atoms with Gasteiger partial charge in [-0.25, -0.2) is 4.79 Å². The molecule has 0 aliphatic carbocycles. The van der Waals surface area contributed by atoms with Crippen LogP contribution >= 0.6 is 11.6 Å². The molecule has 0 atom stereocenters. The summed E-state index contributed by atoms with van der Waals surface area (Å²) in [6.07, 6.45) is 1.54. The number of hydrogen-bond acceptors (Lipinski definition) is 4. The Bertz CT molecular complexity index is 909. The van der Waals surface area contributed by atoms with Crippen molar-refractivity contribution in [1.82, 2.24) is 4.98 Å². The third-order valence-electron chi connectivity index (χ3n) is 3.73. The van der Waals surface area contributed by atoms with E-state index in [9.17, 15) is 4.79 Å². The van der Waals surface area contributed by atoms with Crippen LogP contribution in [0.4, 0.5) is 11.4 Å². The number of aromatic nitrogens is 1. The summed E-state index contributed by atoms with van der Waals surface area (Å²) in [6, 6.07) is 13.3. The van der Waals surface area contributed by atoms with Crippen LogP contribution in [0.1, 0.15) is 22.8 Å². The second-order valence-corrected chi connectivity index (χ2v) is 5.81. The minimum Gasteiger partial charge on any atom is -0.462 e. The van der Waals surface area contributed by atoms with Crippen LogP contribution in [0.25, 0.3) is 10.9 Å². The monoisotopic (exact) mass is 340 g/mol. The van der Waals surface area contributed by atoms with Gasteiger partial charge in [-0.15, -0.1) is 0 Å². The number of nitrogens with zero attached hydrogens (tertiary/aromatic N) is 1. The zero-order valence-electron chi connectivity index (χ0n) is 13.5. The molecule has 0 radical (unpaired) electrons. The Kier molecular flexibility index (Phi) is 4.67. The fourth-order valence-corrected chi connectivity index (χ4v) is 2.68. The summed E-state index contributed by atoms with van der Waals surface area (Å²) in [5.41, 5.74) is 3.77. The lowest BCUT2D eigenvalue weighted by Gasteiger charge is -2.15. The summed E-state index contributed by atoms with van der Waals surface area (Å²) in [6.45, 7) is 4.08. The summed E-state index contributed by atoms with van der Waals surface area (Å²) < 4.78 is 5.16. The van der Waals surface area contributed by atoms with Gasteiger partial charge in [-0.05, 0) is 43.7 Å². The average Bonchev–Trinajstić information content (AvgIpc) is 2.57. The highest BCUT2D eigenvalue weighted by Crippen LogP contribution is 2.32. The van der Waals surface area contributed by atoms with Crippen molar-refractivity contribution in [3.63, 3.8) is 0 Å². The number of nitrogens with one attached hydrogen (secondary N) is 1. The first-order chi connectivity index (χ1) is 11.6. The molecule has 0 unspecified atom stereocenters. The highest BCUT2D eigenvalue weighted by Gasteiger charge is 2.17. The number of carbonyl (C=O) groups excluding carboxylic acids is 1. The van der Waals surface area contributed by atoms with Crippen molar-refractivity contribution >= 4 is 39.8 Å². The Hall–Kier alpha value is -2.59. The Morgan fingerprint density at radius 3 is 2.79 bits per heavy atom. The molecule has 1 aromatic heterocycles.